The van der Waals surface area contributed by atoms with Crippen molar-refractivity contribution in [3.63, 3.8) is 0 Å². The summed E-state index contributed by atoms with van der Waals surface area (Å²) < 4.78 is 0.992. The topological polar surface area (TPSA) is 51.8 Å². The molecule has 2 N–H and O–H groups in total. The second-order valence-corrected chi connectivity index (χ2v) is 5.33. The molecule has 2 aromatic heterocycles. The minimum atomic E-state index is 0.477. The maximum absolute atomic E-state index is 5.65. The van der Waals surface area contributed by atoms with Gasteiger partial charge in [0.1, 0.15) is 0 Å². The Morgan fingerprint density at radius 3 is 2.82 bits per heavy atom. The summed E-state index contributed by atoms with van der Waals surface area (Å²) in [6.45, 7) is 0.477. The van der Waals surface area contributed by atoms with Crippen LogP contribution in [-0.2, 0) is 12.3 Å². The van der Waals surface area contributed by atoms with Gasteiger partial charge in [0, 0.05) is 29.2 Å². The third-order valence-corrected chi connectivity index (χ3v) is 3.72. The van der Waals surface area contributed by atoms with Crippen LogP contribution in [0.15, 0.2) is 46.2 Å². The summed E-state index contributed by atoms with van der Waals surface area (Å²) in [6.07, 6.45) is 3.57. The number of halogens is 1. The van der Waals surface area contributed by atoms with Gasteiger partial charge in [-0.2, -0.15) is 0 Å². The Hall–Kier alpha value is -0.910. The van der Waals surface area contributed by atoms with Crippen molar-refractivity contribution >= 4 is 27.7 Å². The van der Waals surface area contributed by atoms with Gasteiger partial charge in [0.2, 0.25) is 0 Å². The van der Waals surface area contributed by atoms with Crippen molar-refractivity contribution in [3.05, 3.63) is 52.4 Å². The van der Waals surface area contributed by atoms with Crippen LogP contribution in [0.4, 0.5) is 0 Å². The molecule has 2 heterocycles. The van der Waals surface area contributed by atoms with Crippen LogP contribution < -0.4 is 5.73 Å². The number of aromatic nitrogens is 2. The highest BCUT2D eigenvalue weighted by Crippen LogP contribution is 2.22. The van der Waals surface area contributed by atoms with E-state index in [4.69, 9.17) is 5.73 Å². The maximum atomic E-state index is 5.65. The lowest BCUT2D eigenvalue weighted by Gasteiger charge is -2.05. The number of thioether (sulfide) groups is 1. The van der Waals surface area contributed by atoms with Gasteiger partial charge in [-0.05, 0) is 39.7 Å². The van der Waals surface area contributed by atoms with Crippen LogP contribution in [-0.4, -0.2) is 9.97 Å². The molecule has 0 aliphatic carbocycles. The van der Waals surface area contributed by atoms with E-state index in [2.05, 4.69) is 32.0 Å². The van der Waals surface area contributed by atoms with E-state index in [9.17, 15) is 0 Å². The zero-order valence-electron chi connectivity index (χ0n) is 9.14. The predicted molar refractivity (Wildman–Crippen MR) is 73.6 cm³/mol. The van der Waals surface area contributed by atoms with E-state index in [0.29, 0.717) is 6.54 Å². The molecule has 0 spiro atoms. The largest absolute Gasteiger partial charge is 0.325 e. The Morgan fingerprint density at radius 1 is 1.24 bits per heavy atom. The molecule has 5 heteroatoms. The van der Waals surface area contributed by atoms with Crippen LogP contribution in [0.5, 0.6) is 0 Å². The number of nitrogens with two attached hydrogens (primary N) is 1. The molecular weight excluding hydrogens is 298 g/mol. The summed E-state index contributed by atoms with van der Waals surface area (Å²) in [7, 11) is 0. The maximum Gasteiger partial charge on any atom is 0.0963 e. The Labute approximate surface area is 113 Å². The van der Waals surface area contributed by atoms with Crippen molar-refractivity contribution in [2.45, 2.75) is 17.3 Å². The highest BCUT2D eigenvalue weighted by atomic mass is 79.9. The third kappa shape index (κ3) is 3.52. The van der Waals surface area contributed by atoms with E-state index in [-0.39, 0.29) is 0 Å². The number of pyridine rings is 2. The second kappa shape index (κ2) is 6.14. The van der Waals surface area contributed by atoms with Crippen molar-refractivity contribution in [1.82, 2.24) is 9.97 Å². The Bertz CT molecular complexity index is 487. The first kappa shape index (κ1) is 12.5. The monoisotopic (exact) mass is 309 g/mol. The van der Waals surface area contributed by atoms with Crippen molar-refractivity contribution in [2.24, 2.45) is 5.73 Å². The smallest absolute Gasteiger partial charge is 0.0963 e. The van der Waals surface area contributed by atoms with Crippen molar-refractivity contribution in [3.8, 4) is 0 Å². The summed E-state index contributed by atoms with van der Waals surface area (Å²) >= 11 is 5.05. The minimum absolute atomic E-state index is 0.477. The van der Waals surface area contributed by atoms with Gasteiger partial charge in [0.25, 0.3) is 0 Å². The number of hydrogen-bond acceptors (Lipinski definition) is 4. The number of rotatable bonds is 4. The molecule has 0 aromatic carbocycles. The number of hydrogen-bond donors (Lipinski definition) is 1. The van der Waals surface area contributed by atoms with Gasteiger partial charge in [0.05, 0.1) is 10.7 Å². The fourth-order valence-corrected chi connectivity index (χ4v) is 2.48. The van der Waals surface area contributed by atoms with E-state index >= 15 is 0 Å². The summed E-state index contributed by atoms with van der Waals surface area (Å²) in [6, 6.07) is 7.97. The second-order valence-electron chi connectivity index (χ2n) is 3.42. The van der Waals surface area contributed by atoms with Crippen LogP contribution in [0.25, 0.3) is 0 Å². The zero-order valence-corrected chi connectivity index (χ0v) is 11.5. The molecule has 0 aliphatic rings. The van der Waals surface area contributed by atoms with Crippen LogP contribution in [0.3, 0.4) is 0 Å². The SMILES string of the molecule is NCc1ncccc1CSc1ccc(Br)cn1. The van der Waals surface area contributed by atoms with Crippen molar-refractivity contribution in [2.75, 3.05) is 0 Å². The molecule has 0 saturated carbocycles. The molecule has 0 radical (unpaired) electrons. The van der Waals surface area contributed by atoms with E-state index in [1.165, 1.54) is 5.56 Å². The molecule has 2 aromatic rings. The molecule has 3 nitrogen and oxygen atoms in total. The molecule has 2 rings (SSSR count). The molecule has 0 atom stereocenters. The Kier molecular flexibility index (Phi) is 4.53. The van der Waals surface area contributed by atoms with Gasteiger partial charge in [0.15, 0.2) is 0 Å². The third-order valence-electron chi connectivity index (χ3n) is 2.25. The molecule has 0 amide bonds. The van der Waals surface area contributed by atoms with Gasteiger partial charge in [-0.1, -0.05) is 6.07 Å². The average Bonchev–Trinajstić information content (AvgIpc) is 2.38. The van der Waals surface area contributed by atoms with Gasteiger partial charge < -0.3 is 5.73 Å². The lowest BCUT2D eigenvalue weighted by atomic mass is 10.2. The van der Waals surface area contributed by atoms with E-state index in [0.717, 1.165) is 20.9 Å². The highest BCUT2D eigenvalue weighted by molar-refractivity contribution is 9.10. The average molecular weight is 310 g/mol. The molecule has 17 heavy (non-hydrogen) atoms. The van der Waals surface area contributed by atoms with Gasteiger partial charge >= 0.3 is 0 Å². The minimum Gasteiger partial charge on any atom is -0.325 e. The summed E-state index contributed by atoms with van der Waals surface area (Å²) in [5.74, 6) is 0.842. The molecule has 0 unspecified atom stereocenters. The summed E-state index contributed by atoms with van der Waals surface area (Å²) in [5, 5.41) is 1.00. The first-order valence-electron chi connectivity index (χ1n) is 5.17. The lowest BCUT2D eigenvalue weighted by molar-refractivity contribution is 0.963. The summed E-state index contributed by atoms with van der Waals surface area (Å²) in [5.41, 5.74) is 7.77. The van der Waals surface area contributed by atoms with E-state index < -0.39 is 0 Å². The van der Waals surface area contributed by atoms with Gasteiger partial charge in [-0.25, -0.2) is 4.98 Å². The number of nitrogens with zero attached hydrogens (tertiary/aromatic N) is 2. The van der Waals surface area contributed by atoms with Crippen molar-refractivity contribution < 1.29 is 0 Å². The summed E-state index contributed by atoms with van der Waals surface area (Å²) in [4.78, 5) is 8.57. The first-order valence-corrected chi connectivity index (χ1v) is 6.94. The molecule has 0 aliphatic heterocycles. The van der Waals surface area contributed by atoms with Crippen LogP contribution in [0.2, 0.25) is 0 Å². The molecule has 0 bridgehead atoms. The fourth-order valence-electron chi connectivity index (χ4n) is 1.39. The first-order chi connectivity index (χ1) is 8.29. The van der Waals surface area contributed by atoms with Crippen LogP contribution >= 0.6 is 27.7 Å². The molecule has 0 saturated heterocycles. The quantitative estimate of drug-likeness (QED) is 0.882. The van der Waals surface area contributed by atoms with Gasteiger partial charge in [-0.15, -0.1) is 11.8 Å². The standard InChI is InChI=1S/C12H12BrN3S/c13-10-3-4-12(16-7-10)17-8-9-2-1-5-15-11(9)6-14/h1-5,7H,6,8,14H2. The van der Waals surface area contributed by atoms with Crippen molar-refractivity contribution in [1.29, 1.82) is 0 Å². The van der Waals surface area contributed by atoms with E-state index in [1.54, 1.807) is 24.2 Å². The Balaban J connectivity index is 2.04. The molecular formula is C12H12BrN3S. The Morgan fingerprint density at radius 2 is 2.12 bits per heavy atom. The fraction of sp³-hybridized carbons (Fsp3) is 0.167. The van der Waals surface area contributed by atoms with E-state index in [1.807, 2.05) is 18.2 Å². The lowest BCUT2D eigenvalue weighted by Crippen LogP contribution is -2.03. The molecule has 88 valence electrons. The highest BCUT2D eigenvalue weighted by Gasteiger charge is 2.03. The predicted octanol–water partition coefficient (Wildman–Crippen LogP) is 2.99. The van der Waals surface area contributed by atoms with Crippen LogP contribution in [0, 0.1) is 0 Å². The van der Waals surface area contributed by atoms with Gasteiger partial charge in [-0.3, -0.25) is 4.98 Å². The normalized spacial score (nSPS) is 10.5. The van der Waals surface area contributed by atoms with Crippen LogP contribution in [0.1, 0.15) is 11.3 Å². The zero-order chi connectivity index (χ0) is 12.1. The molecule has 0 fully saturated rings.